The first-order chi connectivity index (χ1) is 19.3. The van der Waals surface area contributed by atoms with Crippen LogP contribution in [0.3, 0.4) is 0 Å². The molecule has 3 heterocycles. The molecule has 0 amide bonds. The molecule has 0 aliphatic carbocycles. The summed E-state index contributed by atoms with van der Waals surface area (Å²) in [5, 5.41) is 2.30. The van der Waals surface area contributed by atoms with Crippen LogP contribution < -0.4 is 5.46 Å². The standard InChI is InChI=1S/C33H28BN3O2S/c1-32(2)33(3,4)39-34(38-32)25-16-11-17-27-28(25)24-20-23(18-19-26(24)40-27)31-36-29(21-12-7-5-8-13-21)35-30(37-31)22-14-9-6-10-15-22/h5-20H,1-4H3. The van der Waals surface area contributed by atoms with Crippen LogP contribution in [0.25, 0.3) is 54.3 Å². The van der Waals surface area contributed by atoms with E-state index < -0.39 is 18.3 Å². The van der Waals surface area contributed by atoms with Gasteiger partial charge in [-0.3, -0.25) is 0 Å². The Bertz CT molecular complexity index is 1800. The summed E-state index contributed by atoms with van der Waals surface area (Å²) in [6.45, 7) is 8.36. The second kappa shape index (κ2) is 9.34. The number of hydrogen-bond donors (Lipinski definition) is 0. The summed E-state index contributed by atoms with van der Waals surface area (Å²) in [6, 6.07) is 32.9. The molecular formula is C33H28BN3O2S. The highest BCUT2D eigenvalue weighted by molar-refractivity contribution is 7.26. The molecule has 2 aromatic heterocycles. The van der Waals surface area contributed by atoms with E-state index in [4.69, 9.17) is 24.3 Å². The zero-order valence-electron chi connectivity index (χ0n) is 22.9. The fourth-order valence-corrected chi connectivity index (χ4v) is 6.22. The smallest absolute Gasteiger partial charge is 0.399 e. The maximum Gasteiger partial charge on any atom is 0.495 e. The maximum atomic E-state index is 6.47. The first-order valence-corrected chi connectivity index (χ1v) is 14.3. The monoisotopic (exact) mass is 541 g/mol. The predicted octanol–water partition coefficient (Wildman–Crippen LogP) is 7.54. The molecule has 0 radical (unpaired) electrons. The van der Waals surface area contributed by atoms with Gasteiger partial charge in [0, 0.05) is 36.9 Å². The number of thiophene rings is 1. The van der Waals surface area contributed by atoms with Crippen LogP contribution in [0.2, 0.25) is 0 Å². The largest absolute Gasteiger partial charge is 0.495 e. The zero-order valence-corrected chi connectivity index (χ0v) is 23.7. The van der Waals surface area contributed by atoms with Gasteiger partial charge in [-0.25, -0.2) is 15.0 Å². The Kier molecular flexibility index (Phi) is 5.86. The molecule has 1 fully saturated rings. The van der Waals surface area contributed by atoms with Crippen LogP contribution in [-0.2, 0) is 9.31 Å². The Hall–Kier alpha value is -3.91. The van der Waals surface area contributed by atoms with Gasteiger partial charge in [0.1, 0.15) is 0 Å². The van der Waals surface area contributed by atoms with Crippen molar-refractivity contribution in [1.82, 2.24) is 15.0 Å². The van der Waals surface area contributed by atoms with E-state index in [0.717, 1.165) is 32.9 Å². The fraction of sp³-hybridized carbons (Fsp3) is 0.182. The van der Waals surface area contributed by atoms with Gasteiger partial charge in [-0.05, 0) is 57.4 Å². The second-order valence-electron chi connectivity index (χ2n) is 11.2. The average molecular weight is 541 g/mol. The molecule has 4 aromatic carbocycles. The minimum absolute atomic E-state index is 0.413. The lowest BCUT2D eigenvalue weighted by Crippen LogP contribution is -2.41. The number of rotatable bonds is 4. The second-order valence-corrected chi connectivity index (χ2v) is 12.2. The van der Waals surface area contributed by atoms with E-state index in [1.54, 1.807) is 11.3 Å². The van der Waals surface area contributed by atoms with E-state index in [1.165, 1.54) is 9.40 Å². The molecule has 0 atom stereocenters. The Labute approximate surface area is 238 Å². The summed E-state index contributed by atoms with van der Waals surface area (Å²) >= 11 is 1.77. The van der Waals surface area contributed by atoms with Crippen molar-refractivity contribution in [2.75, 3.05) is 0 Å². The molecule has 1 aliphatic heterocycles. The lowest BCUT2D eigenvalue weighted by molar-refractivity contribution is 0.00578. The van der Waals surface area contributed by atoms with Crippen molar-refractivity contribution >= 4 is 44.1 Å². The number of nitrogens with zero attached hydrogens (tertiary/aromatic N) is 3. The molecule has 1 aliphatic rings. The van der Waals surface area contributed by atoms with Gasteiger partial charge in [0.05, 0.1) is 11.2 Å². The molecular weight excluding hydrogens is 513 g/mol. The lowest BCUT2D eigenvalue weighted by Gasteiger charge is -2.32. The first kappa shape index (κ1) is 25.1. The number of aromatic nitrogens is 3. The summed E-state index contributed by atoms with van der Waals surface area (Å²) in [5.41, 5.74) is 3.06. The van der Waals surface area contributed by atoms with Crippen LogP contribution in [-0.4, -0.2) is 33.3 Å². The van der Waals surface area contributed by atoms with Crippen LogP contribution in [0.1, 0.15) is 27.7 Å². The van der Waals surface area contributed by atoms with Crippen LogP contribution in [0.5, 0.6) is 0 Å². The molecule has 5 nitrogen and oxygen atoms in total. The first-order valence-electron chi connectivity index (χ1n) is 13.5. The van der Waals surface area contributed by atoms with Gasteiger partial charge in [0.25, 0.3) is 0 Å². The van der Waals surface area contributed by atoms with Crippen LogP contribution in [0.4, 0.5) is 0 Å². The lowest BCUT2D eigenvalue weighted by atomic mass is 9.76. The quantitative estimate of drug-likeness (QED) is 0.216. The Morgan fingerprint density at radius 3 is 1.70 bits per heavy atom. The average Bonchev–Trinajstić information content (AvgIpc) is 3.45. The molecule has 7 heteroatoms. The van der Waals surface area contributed by atoms with Crippen LogP contribution in [0, 0.1) is 0 Å². The van der Waals surface area contributed by atoms with E-state index >= 15 is 0 Å². The number of hydrogen-bond acceptors (Lipinski definition) is 6. The van der Waals surface area contributed by atoms with Crippen LogP contribution >= 0.6 is 11.3 Å². The highest BCUT2D eigenvalue weighted by atomic mass is 32.1. The Morgan fingerprint density at radius 1 is 0.575 bits per heavy atom. The van der Waals surface area contributed by atoms with Gasteiger partial charge < -0.3 is 9.31 Å². The molecule has 7 rings (SSSR count). The van der Waals surface area contributed by atoms with Crippen molar-refractivity contribution in [3.8, 4) is 34.2 Å². The minimum Gasteiger partial charge on any atom is -0.399 e. The summed E-state index contributed by atoms with van der Waals surface area (Å²) in [5.74, 6) is 1.94. The van der Waals surface area contributed by atoms with Gasteiger partial charge in [-0.2, -0.15) is 0 Å². The molecule has 0 N–H and O–H groups in total. The molecule has 196 valence electrons. The maximum absolute atomic E-state index is 6.47. The third-order valence-electron chi connectivity index (χ3n) is 7.99. The van der Waals surface area contributed by atoms with E-state index in [-0.39, 0.29) is 0 Å². The number of fused-ring (bicyclic) bond motifs is 3. The molecule has 40 heavy (non-hydrogen) atoms. The highest BCUT2D eigenvalue weighted by Gasteiger charge is 2.52. The Balaban J connectivity index is 1.41. The van der Waals surface area contributed by atoms with Crippen molar-refractivity contribution in [1.29, 1.82) is 0 Å². The van der Waals surface area contributed by atoms with E-state index in [9.17, 15) is 0 Å². The molecule has 0 unspecified atom stereocenters. The van der Waals surface area contributed by atoms with E-state index in [1.807, 2.05) is 60.7 Å². The van der Waals surface area contributed by atoms with E-state index in [2.05, 4.69) is 64.1 Å². The molecule has 6 aromatic rings. The van der Waals surface area contributed by atoms with Gasteiger partial charge in [-0.15, -0.1) is 11.3 Å². The fourth-order valence-electron chi connectivity index (χ4n) is 5.10. The van der Waals surface area contributed by atoms with Crippen molar-refractivity contribution < 1.29 is 9.31 Å². The van der Waals surface area contributed by atoms with Gasteiger partial charge in [0.2, 0.25) is 0 Å². The summed E-state index contributed by atoms with van der Waals surface area (Å²) in [7, 11) is -0.443. The van der Waals surface area contributed by atoms with E-state index in [0.29, 0.717) is 17.5 Å². The minimum atomic E-state index is -0.443. The molecule has 0 spiro atoms. The van der Waals surface area contributed by atoms with Crippen LogP contribution in [0.15, 0.2) is 97.1 Å². The molecule has 0 saturated carbocycles. The van der Waals surface area contributed by atoms with Crippen molar-refractivity contribution in [2.24, 2.45) is 0 Å². The highest BCUT2D eigenvalue weighted by Crippen LogP contribution is 2.40. The molecule has 0 bridgehead atoms. The van der Waals surface area contributed by atoms with Crippen molar-refractivity contribution in [3.63, 3.8) is 0 Å². The normalized spacial score (nSPS) is 16.1. The van der Waals surface area contributed by atoms with Crippen molar-refractivity contribution in [3.05, 3.63) is 97.1 Å². The summed E-state index contributed by atoms with van der Waals surface area (Å²) in [4.78, 5) is 14.7. The third-order valence-corrected chi connectivity index (χ3v) is 9.13. The predicted molar refractivity (Wildman–Crippen MR) is 165 cm³/mol. The summed E-state index contributed by atoms with van der Waals surface area (Å²) in [6.07, 6.45) is 0. The topological polar surface area (TPSA) is 57.1 Å². The van der Waals surface area contributed by atoms with Gasteiger partial charge >= 0.3 is 7.12 Å². The SMILES string of the molecule is CC1(C)OB(c2cccc3sc4ccc(-c5nc(-c6ccccc6)nc(-c6ccccc6)n5)cc4c23)OC1(C)C. The number of benzene rings is 4. The molecule has 1 saturated heterocycles. The van der Waals surface area contributed by atoms with Crippen molar-refractivity contribution in [2.45, 2.75) is 38.9 Å². The van der Waals surface area contributed by atoms with Gasteiger partial charge in [0.15, 0.2) is 17.5 Å². The Morgan fingerprint density at radius 2 is 1.12 bits per heavy atom. The zero-order chi connectivity index (χ0) is 27.5. The third kappa shape index (κ3) is 4.22. The van der Waals surface area contributed by atoms with Gasteiger partial charge in [-0.1, -0.05) is 72.8 Å². The summed E-state index contributed by atoms with van der Waals surface area (Å²) < 4.78 is 15.3.